The maximum absolute atomic E-state index is 14.2. The molecule has 1 aliphatic heterocycles. The minimum absolute atomic E-state index is 0.0353. The van der Waals surface area contributed by atoms with E-state index < -0.39 is 5.41 Å². The molecule has 1 atom stereocenters. The Balaban J connectivity index is 1.59. The average Bonchev–Trinajstić information content (AvgIpc) is 2.85. The first-order valence-corrected chi connectivity index (χ1v) is 11.3. The van der Waals surface area contributed by atoms with E-state index in [1.807, 2.05) is 37.3 Å². The Morgan fingerprint density at radius 3 is 2.58 bits per heavy atom. The molecule has 1 aromatic heterocycles. The summed E-state index contributed by atoms with van der Waals surface area (Å²) in [5.41, 5.74) is 2.14. The highest BCUT2D eigenvalue weighted by Gasteiger charge is 2.43. The summed E-state index contributed by atoms with van der Waals surface area (Å²) in [6, 6.07) is 17.9. The van der Waals surface area contributed by atoms with Crippen LogP contribution in [-0.2, 0) is 11.2 Å². The Labute approximate surface area is 193 Å². The zero-order valence-electron chi connectivity index (χ0n) is 18.8. The van der Waals surface area contributed by atoms with Gasteiger partial charge < -0.3 is 10.2 Å². The maximum atomic E-state index is 14.2. The molecule has 3 aromatic rings. The third-order valence-electron chi connectivity index (χ3n) is 6.27. The number of carbonyl (C=O) groups is 2. The smallest absolute Gasteiger partial charge is 0.255 e. The fourth-order valence-corrected chi connectivity index (χ4v) is 4.62. The van der Waals surface area contributed by atoms with E-state index in [0.29, 0.717) is 43.6 Å². The lowest BCUT2D eigenvalue weighted by molar-refractivity contribution is -0.133. The van der Waals surface area contributed by atoms with Gasteiger partial charge in [0.1, 0.15) is 5.82 Å². The number of halogens is 1. The van der Waals surface area contributed by atoms with E-state index in [9.17, 15) is 14.0 Å². The van der Waals surface area contributed by atoms with Crippen LogP contribution >= 0.6 is 0 Å². The monoisotopic (exact) mass is 445 g/mol. The largest absolute Gasteiger partial charge is 0.356 e. The van der Waals surface area contributed by atoms with Crippen LogP contribution in [-0.4, -0.2) is 41.3 Å². The summed E-state index contributed by atoms with van der Waals surface area (Å²) in [6.07, 6.45) is 5.15. The number of nitrogens with zero attached hydrogens (tertiary/aromatic N) is 2. The highest BCUT2D eigenvalue weighted by atomic mass is 19.1. The SMILES string of the molecule is CCNC(=O)[C@@]1(Cc2ccc(-c3ccccc3F)cc2)CCCN(C(=O)c2cccnc2)C1. The van der Waals surface area contributed by atoms with Gasteiger partial charge in [0.2, 0.25) is 5.91 Å². The highest BCUT2D eigenvalue weighted by molar-refractivity contribution is 5.94. The van der Waals surface area contributed by atoms with Crippen LogP contribution in [0.2, 0.25) is 0 Å². The van der Waals surface area contributed by atoms with Gasteiger partial charge in [-0.1, -0.05) is 42.5 Å². The second kappa shape index (κ2) is 9.94. The number of hydrogen-bond acceptors (Lipinski definition) is 3. The van der Waals surface area contributed by atoms with Crippen molar-refractivity contribution in [2.75, 3.05) is 19.6 Å². The predicted molar refractivity (Wildman–Crippen MR) is 126 cm³/mol. The van der Waals surface area contributed by atoms with Crippen molar-refractivity contribution in [2.45, 2.75) is 26.2 Å². The van der Waals surface area contributed by atoms with Crippen LogP contribution in [0.4, 0.5) is 4.39 Å². The number of amides is 2. The standard InChI is InChI=1S/C27H28FN3O2/c1-2-30-26(33)27(14-6-16-31(19-27)25(32)22-7-5-15-29-18-22)17-20-10-12-21(13-11-20)23-8-3-4-9-24(23)28/h3-5,7-13,15,18H,2,6,14,16-17,19H2,1H3,(H,30,33)/t27-/m1/s1. The van der Waals surface area contributed by atoms with Gasteiger partial charge >= 0.3 is 0 Å². The van der Waals surface area contributed by atoms with Crippen molar-refractivity contribution in [3.8, 4) is 11.1 Å². The summed E-state index contributed by atoms with van der Waals surface area (Å²) in [6.45, 7) is 3.39. The number of hydrogen-bond donors (Lipinski definition) is 1. The molecule has 1 aliphatic rings. The molecule has 1 saturated heterocycles. The van der Waals surface area contributed by atoms with Crippen molar-refractivity contribution in [2.24, 2.45) is 5.41 Å². The van der Waals surface area contributed by atoms with Crippen LogP contribution in [0.1, 0.15) is 35.7 Å². The molecule has 1 N–H and O–H groups in total. The first-order chi connectivity index (χ1) is 16.0. The Bertz CT molecular complexity index is 1120. The van der Waals surface area contributed by atoms with Crippen molar-refractivity contribution in [3.05, 3.63) is 90.0 Å². The molecule has 2 aromatic carbocycles. The summed E-state index contributed by atoms with van der Waals surface area (Å²) in [5, 5.41) is 2.98. The molecule has 5 nitrogen and oxygen atoms in total. The molecule has 0 radical (unpaired) electrons. The molecule has 2 amide bonds. The lowest BCUT2D eigenvalue weighted by Crippen LogP contribution is -2.54. The number of rotatable bonds is 6. The third-order valence-corrected chi connectivity index (χ3v) is 6.27. The van der Waals surface area contributed by atoms with Crippen molar-refractivity contribution in [3.63, 3.8) is 0 Å². The second-order valence-corrected chi connectivity index (χ2v) is 8.57. The number of nitrogens with one attached hydrogen (secondary N) is 1. The number of likely N-dealkylation sites (tertiary alicyclic amines) is 1. The molecular weight excluding hydrogens is 417 g/mol. The minimum atomic E-state index is -0.717. The summed E-state index contributed by atoms with van der Waals surface area (Å²) in [7, 11) is 0. The quantitative estimate of drug-likeness (QED) is 0.608. The summed E-state index contributed by atoms with van der Waals surface area (Å²) in [4.78, 5) is 32.1. The van der Waals surface area contributed by atoms with Crippen molar-refractivity contribution in [1.82, 2.24) is 15.2 Å². The molecule has 0 spiro atoms. The maximum Gasteiger partial charge on any atom is 0.255 e. The number of benzene rings is 2. The molecule has 6 heteroatoms. The number of pyridine rings is 1. The Hall–Kier alpha value is -3.54. The molecule has 170 valence electrons. The molecule has 33 heavy (non-hydrogen) atoms. The zero-order valence-corrected chi connectivity index (χ0v) is 18.8. The number of piperidine rings is 1. The van der Waals surface area contributed by atoms with Crippen molar-refractivity contribution < 1.29 is 14.0 Å². The Kier molecular flexibility index (Phi) is 6.82. The van der Waals surface area contributed by atoms with Gasteiger partial charge in [-0.05, 0) is 55.5 Å². The molecule has 0 bridgehead atoms. The summed E-state index contributed by atoms with van der Waals surface area (Å²) >= 11 is 0. The van der Waals surface area contributed by atoms with Crippen LogP contribution in [0.3, 0.4) is 0 Å². The normalized spacial score (nSPS) is 18.1. The third kappa shape index (κ3) is 4.95. The van der Waals surface area contributed by atoms with E-state index in [4.69, 9.17) is 0 Å². The van der Waals surface area contributed by atoms with Crippen LogP contribution in [0, 0.1) is 11.2 Å². The molecule has 2 heterocycles. The zero-order chi connectivity index (χ0) is 23.3. The summed E-state index contributed by atoms with van der Waals surface area (Å²) < 4.78 is 14.2. The van der Waals surface area contributed by atoms with E-state index in [1.165, 1.54) is 6.07 Å². The van der Waals surface area contributed by atoms with Crippen LogP contribution in [0.5, 0.6) is 0 Å². The van der Waals surface area contributed by atoms with Gasteiger partial charge in [0, 0.05) is 37.6 Å². The van der Waals surface area contributed by atoms with Gasteiger partial charge in [-0.25, -0.2) is 4.39 Å². The summed E-state index contributed by atoms with van der Waals surface area (Å²) in [5.74, 6) is -0.404. The van der Waals surface area contributed by atoms with Gasteiger partial charge in [-0.15, -0.1) is 0 Å². The molecule has 0 saturated carbocycles. The van der Waals surface area contributed by atoms with Gasteiger partial charge in [-0.2, -0.15) is 0 Å². The first kappa shape index (κ1) is 22.6. The molecule has 4 rings (SSSR count). The van der Waals surface area contributed by atoms with Crippen LogP contribution in [0.15, 0.2) is 73.1 Å². The second-order valence-electron chi connectivity index (χ2n) is 8.57. The highest BCUT2D eigenvalue weighted by Crippen LogP contribution is 2.35. The van der Waals surface area contributed by atoms with Gasteiger partial charge in [-0.3, -0.25) is 14.6 Å². The molecule has 0 aliphatic carbocycles. The Morgan fingerprint density at radius 1 is 1.09 bits per heavy atom. The minimum Gasteiger partial charge on any atom is -0.356 e. The number of aromatic nitrogens is 1. The van der Waals surface area contributed by atoms with E-state index >= 15 is 0 Å². The Morgan fingerprint density at radius 2 is 1.88 bits per heavy atom. The predicted octanol–water partition coefficient (Wildman–Crippen LogP) is 4.49. The number of carbonyl (C=O) groups excluding carboxylic acids is 2. The van der Waals surface area contributed by atoms with Crippen LogP contribution in [0.25, 0.3) is 11.1 Å². The molecular formula is C27H28FN3O2. The van der Waals surface area contributed by atoms with Crippen molar-refractivity contribution in [1.29, 1.82) is 0 Å². The van der Waals surface area contributed by atoms with E-state index in [-0.39, 0.29) is 17.6 Å². The van der Waals surface area contributed by atoms with Gasteiger partial charge in [0.15, 0.2) is 0 Å². The molecule has 0 unspecified atom stereocenters. The van der Waals surface area contributed by atoms with Gasteiger partial charge in [0.25, 0.3) is 5.91 Å². The molecule has 1 fully saturated rings. The fourth-order valence-electron chi connectivity index (χ4n) is 4.62. The van der Waals surface area contributed by atoms with Crippen LogP contribution < -0.4 is 5.32 Å². The van der Waals surface area contributed by atoms with E-state index in [0.717, 1.165) is 17.5 Å². The first-order valence-electron chi connectivity index (χ1n) is 11.3. The van der Waals surface area contributed by atoms with E-state index in [2.05, 4.69) is 10.3 Å². The topological polar surface area (TPSA) is 62.3 Å². The lowest BCUT2D eigenvalue weighted by Gasteiger charge is -2.42. The fraction of sp³-hybridized carbons (Fsp3) is 0.296. The lowest BCUT2D eigenvalue weighted by atomic mass is 9.74. The average molecular weight is 446 g/mol. The van der Waals surface area contributed by atoms with E-state index in [1.54, 1.807) is 41.6 Å². The van der Waals surface area contributed by atoms with Crippen molar-refractivity contribution >= 4 is 11.8 Å². The van der Waals surface area contributed by atoms with Gasteiger partial charge in [0.05, 0.1) is 11.0 Å².